The summed E-state index contributed by atoms with van der Waals surface area (Å²) in [5, 5.41) is 11.9. The van der Waals surface area contributed by atoms with Gasteiger partial charge in [-0.3, -0.25) is 4.79 Å². The molecule has 6 nitrogen and oxygen atoms in total. The van der Waals surface area contributed by atoms with Crippen molar-refractivity contribution in [1.29, 1.82) is 5.26 Å². The topological polar surface area (TPSA) is 88.4 Å². The number of hydrogen-bond donors (Lipinski definition) is 1. The highest BCUT2D eigenvalue weighted by Gasteiger charge is 2.20. The zero-order valence-corrected chi connectivity index (χ0v) is 15.5. The maximum absolute atomic E-state index is 11.8. The van der Waals surface area contributed by atoms with E-state index in [0.29, 0.717) is 5.56 Å². The van der Waals surface area contributed by atoms with E-state index in [1.54, 1.807) is 20.8 Å². The second-order valence-corrected chi connectivity index (χ2v) is 6.58. The fourth-order valence-corrected chi connectivity index (χ4v) is 2.25. The Hall–Kier alpha value is -2.52. The number of carbonyl (C=O) groups excluding carboxylic acids is 2. The molecule has 1 amide bonds. The molecule has 0 heterocycles. The predicted octanol–water partition coefficient (Wildman–Crippen LogP) is 3.96. The minimum atomic E-state index is -0.597. The number of halogens is 1. The molecule has 1 N–H and O–H groups in total. The minimum absolute atomic E-state index is 0.0763. The number of nitrogens with one attached hydrogen (secondary N) is 1. The van der Waals surface area contributed by atoms with Crippen LogP contribution in [0.15, 0.2) is 12.6 Å². The fourth-order valence-electron chi connectivity index (χ4n) is 2.00. The first kappa shape index (κ1) is 20.5. The maximum Gasteiger partial charge on any atom is 0.407 e. The summed E-state index contributed by atoms with van der Waals surface area (Å²) in [4.78, 5) is 23.4. The van der Waals surface area contributed by atoms with E-state index in [-0.39, 0.29) is 40.8 Å². The Balaban J connectivity index is 2.91. The van der Waals surface area contributed by atoms with Gasteiger partial charge < -0.3 is 14.8 Å². The summed E-state index contributed by atoms with van der Waals surface area (Å²) in [5.41, 5.74) is 0.172. The highest BCUT2D eigenvalue weighted by Crippen LogP contribution is 2.34. The zero-order valence-electron chi connectivity index (χ0n) is 14.7. The van der Waals surface area contributed by atoms with Crippen molar-refractivity contribution in [3.05, 3.63) is 34.4 Å². The summed E-state index contributed by atoms with van der Waals surface area (Å²) in [6.07, 6.45) is 0.841. The number of nitriles is 1. The molecule has 1 aromatic carbocycles. The lowest BCUT2D eigenvalue weighted by Gasteiger charge is -2.20. The van der Waals surface area contributed by atoms with E-state index in [1.165, 1.54) is 19.1 Å². The van der Waals surface area contributed by atoms with Gasteiger partial charge in [0, 0.05) is 5.56 Å². The molecule has 0 aromatic heterocycles. The average molecular weight is 365 g/mol. The molecule has 134 valence electrons. The highest BCUT2D eigenvalue weighted by atomic mass is 35.5. The molecule has 25 heavy (non-hydrogen) atoms. The van der Waals surface area contributed by atoms with Crippen molar-refractivity contribution in [1.82, 2.24) is 5.32 Å². The Kier molecular flexibility index (Phi) is 7.01. The molecule has 0 spiro atoms. The normalized spacial score (nSPS) is 10.6. The van der Waals surface area contributed by atoms with Crippen molar-refractivity contribution < 1.29 is 19.1 Å². The summed E-state index contributed by atoms with van der Waals surface area (Å²) in [7, 11) is 0. The lowest BCUT2D eigenvalue weighted by Crippen LogP contribution is -2.34. The molecular formula is C18H21ClN2O4. The Labute approximate surface area is 152 Å². The average Bonchev–Trinajstić information content (AvgIpc) is 2.49. The van der Waals surface area contributed by atoms with Crippen molar-refractivity contribution in [2.24, 2.45) is 0 Å². The van der Waals surface area contributed by atoms with E-state index in [1.807, 2.05) is 6.07 Å². The van der Waals surface area contributed by atoms with Gasteiger partial charge >= 0.3 is 6.09 Å². The van der Waals surface area contributed by atoms with E-state index in [4.69, 9.17) is 21.1 Å². The third kappa shape index (κ3) is 5.80. The molecular weight excluding hydrogens is 344 g/mol. The second kappa shape index (κ2) is 8.54. The van der Waals surface area contributed by atoms with Crippen molar-refractivity contribution in [3.8, 4) is 11.8 Å². The van der Waals surface area contributed by atoms with Gasteiger partial charge in [0.15, 0.2) is 5.78 Å². The summed E-state index contributed by atoms with van der Waals surface area (Å²) in [5.74, 6) is -0.0426. The number of nitrogens with zero attached hydrogens (tertiary/aromatic N) is 1. The minimum Gasteiger partial charge on any atom is -0.490 e. The quantitative estimate of drug-likeness (QED) is 0.609. The first-order valence-electron chi connectivity index (χ1n) is 7.60. The molecule has 0 aliphatic carbocycles. The molecule has 0 fully saturated rings. The van der Waals surface area contributed by atoms with Gasteiger partial charge in [0.2, 0.25) is 0 Å². The molecule has 0 aliphatic heterocycles. The number of amides is 1. The lowest BCUT2D eigenvalue weighted by molar-refractivity contribution is 0.0519. The van der Waals surface area contributed by atoms with Gasteiger partial charge in [-0.2, -0.15) is 5.26 Å². The van der Waals surface area contributed by atoms with E-state index in [9.17, 15) is 14.9 Å². The van der Waals surface area contributed by atoms with E-state index < -0.39 is 11.7 Å². The van der Waals surface area contributed by atoms with Crippen molar-refractivity contribution >= 4 is 29.6 Å². The van der Waals surface area contributed by atoms with Crippen LogP contribution in [0.5, 0.6) is 5.75 Å². The van der Waals surface area contributed by atoms with Gasteiger partial charge in [0.25, 0.3) is 0 Å². The summed E-state index contributed by atoms with van der Waals surface area (Å²) in [6.45, 7) is 10.5. The Morgan fingerprint density at radius 2 is 2.08 bits per heavy atom. The molecule has 1 aromatic rings. The SMILES string of the molecule is C=Cc1c(C#N)c(Cl)cc(C(C)=O)c1OCCNC(=O)OC(C)(C)C. The number of rotatable bonds is 6. The van der Waals surface area contributed by atoms with Crippen LogP contribution in [0.4, 0.5) is 4.79 Å². The molecule has 0 bridgehead atoms. The van der Waals surface area contributed by atoms with Crippen LogP contribution in [0.3, 0.4) is 0 Å². The number of ketones is 1. The smallest absolute Gasteiger partial charge is 0.407 e. The van der Waals surface area contributed by atoms with Gasteiger partial charge in [-0.25, -0.2) is 4.79 Å². The monoisotopic (exact) mass is 364 g/mol. The maximum atomic E-state index is 11.8. The van der Waals surface area contributed by atoms with Gasteiger partial charge in [0.1, 0.15) is 24.0 Å². The fraction of sp³-hybridized carbons (Fsp3) is 0.389. The van der Waals surface area contributed by atoms with Crippen LogP contribution in [0.2, 0.25) is 5.02 Å². The van der Waals surface area contributed by atoms with Crippen molar-refractivity contribution in [2.75, 3.05) is 13.2 Å². The number of ether oxygens (including phenoxy) is 2. The van der Waals surface area contributed by atoms with Gasteiger partial charge in [-0.15, -0.1) is 0 Å². The van der Waals surface area contributed by atoms with Crippen LogP contribution in [0.25, 0.3) is 6.08 Å². The standard InChI is InChI=1S/C18H21ClN2O4/c1-6-12-14(10-20)15(19)9-13(11(2)22)16(12)24-8-7-21-17(23)25-18(3,4)5/h6,9H,1,7-8H2,2-5H3,(H,21,23). The van der Waals surface area contributed by atoms with Crippen LogP contribution in [0.1, 0.15) is 49.2 Å². The Bertz CT molecular complexity index is 730. The van der Waals surface area contributed by atoms with Crippen LogP contribution in [0, 0.1) is 11.3 Å². The number of alkyl carbamates (subject to hydrolysis) is 1. The Morgan fingerprint density at radius 1 is 1.44 bits per heavy atom. The van der Waals surface area contributed by atoms with Crippen LogP contribution in [-0.2, 0) is 4.74 Å². The van der Waals surface area contributed by atoms with Gasteiger partial charge in [-0.05, 0) is 33.8 Å². The molecule has 0 atom stereocenters. The molecule has 0 saturated carbocycles. The highest BCUT2D eigenvalue weighted by molar-refractivity contribution is 6.32. The zero-order chi connectivity index (χ0) is 19.2. The van der Waals surface area contributed by atoms with E-state index in [2.05, 4.69) is 11.9 Å². The molecule has 0 aliphatic rings. The summed E-state index contributed by atoms with van der Waals surface area (Å²) < 4.78 is 10.7. The number of benzene rings is 1. The molecule has 0 radical (unpaired) electrons. The molecule has 1 rings (SSSR count). The van der Waals surface area contributed by atoms with E-state index >= 15 is 0 Å². The Morgan fingerprint density at radius 3 is 2.56 bits per heavy atom. The predicted molar refractivity (Wildman–Crippen MR) is 96.0 cm³/mol. The van der Waals surface area contributed by atoms with Crippen LogP contribution in [-0.4, -0.2) is 30.6 Å². The molecule has 0 unspecified atom stereocenters. The van der Waals surface area contributed by atoms with Crippen LogP contribution >= 0.6 is 11.6 Å². The van der Waals surface area contributed by atoms with Crippen molar-refractivity contribution in [3.63, 3.8) is 0 Å². The summed E-state index contributed by atoms with van der Waals surface area (Å²) in [6, 6.07) is 3.37. The third-order valence-electron chi connectivity index (χ3n) is 2.98. The number of carbonyl (C=O) groups is 2. The lowest BCUT2D eigenvalue weighted by atomic mass is 10.0. The van der Waals surface area contributed by atoms with Crippen LogP contribution < -0.4 is 10.1 Å². The summed E-state index contributed by atoms with van der Waals surface area (Å²) >= 11 is 6.04. The first-order valence-corrected chi connectivity index (χ1v) is 7.98. The van der Waals surface area contributed by atoms with Gasteiger partial charge in [0.05, 0.1) is 22.7 Å². The third-order valence-corrected chi connectivity index (χ3v) is 3.28. The van der Waals surface area contributed by atoms with Gasteiger partial charge in [-0.1, -0.05) is 24.3 Å². The number of hydrogen-bond acceptors (Lipinski definition) is 5. The largest absolute Gasteiger partial charge is 0.490 e. The number of Topliss-reactive ketones (excluding diaryl/α,β-unsaturated/α-hetero) is 1. The molecule has 7 heteroatoms. The molecule has 0 saturated heterocycles. The van der Waals surface area contributed by atoms with Crippen molar-refractivity contribution in [2.45, 2.75) is 33.3 Å². The second-order valence-electron chi connectivity index (χ2n) is 6.17. The van der Waals surface area contributed by atoms with E-state index in [0.717, 1.165) is 0 Å². The first-order chi connectivity index (χ1) is 11.6.